The molecule has 1 aromatic heterocycles. The third kappa shape index (κ3) is 3.70. The van der Waals surface area contributed by atoms with Gasteiger partial charge in [-0.05, 0) is 23.8 Å². The molecule has 4 nitrogen and oxygen atoms in total. The molecule has 3 aromatic rings. The van der Waals surface area contributed by atoms with E-state index in [0.717, 1.165) is 20.1 Å². The summed E-state index contributed by atoms with van der Waals surface area (Å²) in [5.41, 5.74) is 2.36. The first-order valence-corrected chi connectivity index (χ1v) is 8.68. The van der Waals surface area contributed by atoms with E-state index in [1.165, 1.54) is 0 Å². The van der Waals surface area contributed by atoms with Gasteiger partial charge in [0.1, 0.15) is 6.07 Å². The summed E-state index contributed by atoms with van der Waals surface area (Å²) in [5, 5.41) is 8.51. The molecular formula is C17H12N2O2S2. The lowest BCUT2D eigenvalue weighted by Crippen LogP contribution is -2.08. The van der Waals surface area contributed by atoms with Crippen LogP contribution in [-0.2, 0) is 10.5 Å². The number of fused-ring (bicyclic) bond motifs is 1. The highest BCUT2D eigenvalue weighted by Crippen LogP contribution is 2.32. The van der Waals surface area contributed by atoms with Gasteiger partial charge in [0.2, 0.25) is 0 Å². The van der Waals surface area contributed by atoms with E-state index >= 15 is 0 Å². The van der Waals surface area contributed by atoms with E-state index < -0.39 is 5.97 Å². The molecule has 0 saturated heterocycles. The Balaban J connectivity index is 1.75. The molecule has 23 heavy (non-hydrogen) atoms. The molecule has 3 rings (SSSR count). The fourth-order valence-corrected chi connectivity index (χ4v) is 4.15. The fraction of sp³-hybridized carbons (Fsp3) is 0.118. The van der Waals surface area contributed by atoms with Crippen molar-refractivity contribution in [2.24, 2.45) is 0 Å². The Morgan fingerprint density at radius 2 is 2.00 bits per heavy atom. The zero-order valence-corrected chi connectivity index (χ0v) is 13.7. The first-order chi connectivity index (χ1) is 11.3. The highest BCUT2D eigenvalue weighted by Gasteiger charge is 2.13. The van der Waals surface area contributed by atoms with Crippen molar-refractivity contribution in [1.29, 1.82) is 5.26 Å². The van der Waals surface area contributed by atoms with Crippen LogP contribution in [-0.4, -0.2) is 17.6 Å². The van der Waals surface area contributed by atoms with Crippen LogP contribution in [0.5, 0.6) is 0 Å². The second-order valence-electron chi connectivity index (χ2n) is 4.63. The molecule has 1 heterocycles. The number of esters is 1. The number of para-hydroxylation sites is 1. The normalized spacial score (nSPS) is 10.4. The van der Waals surface area contributed by atoms with Crippen LogP contribution < -0.4 is 0 Å². The summed E-state index contributed by atoms with van der Waals surface area (Å²) in [6.45, 7) is -0.238. The van der Waals surface area contributed by atoms with Gasteiger partial charge in [-0.3, -0.25) is 0 Å². The monoisotopic (exact) mass is 340 g/mol. The predicted molar refractivity (Wildman–Crippen MR) is 91.5 cm³/mol. The van der Waals surface area contributed by atoms with E-state index in [9.17, 15) is 4.79 Å². The SMILES string of the molecule is N#CCOC(=O)c1ccccc1CSc1nc2ccccc2s1. The molecule has 6 heteroatoms. The Morgan fingerprint density at radius 3 is 2.83 bits per heavy atom. The van der Waals surface area contributed by atoms with Crippen LogP contribution in [0.3, 0.4) is 0 Å². The minimum Gasteiger partial charge on any atom is -0.447 e. The van der Waals surface area contributed by atoms with Gasteiger partial charge in [0.05, 0.1) is 15.8 Å². The Hall–Kier alpha value is -2.36. The van der Waals surface area contributed by atoms with Crippen molar-refractivity contribution in [2.75, 3.05) is 6.61 Å². The Labute approximate surface area is 141 Å². The molecule has 0 atom stereocenters. The molecular weight excluding hydrogens is 328 g/mol. The maximum absolute atomic E-state index is 12.0. The lowest BCUT2D eigenvalue weighted by molar-refractivity contribution is 0.0554. The molecule has 0 fully saturated rings. The second kappa shape index (κ2) is 7.27. The number of benzene rings is 2. The van der Waals surface area contributed by atoms with Crippen LogP contribution in [0.1, 0.15) is 15.9 Å². The molecule has 0 aliphatic rings. The highest BCUT2D eigenvalue weighted by molar-refractivity contribution is 8.00. The predicted octanol–water partition coefficient (Wildman–Crippen LogP) is 4.27. The molecule has 0 aliphatic carbocycles. The van der Waals surface area contributed by atoms with Crippen LogP contribution in [0.15, 0.2) is 52.9 Å². The number of nitrogens with zero attached hydrogens (tertiary/aromatic N) is 2. The molecule has 0 bridgehead atoms. The average molecular weight is 340 g/mol. The average Bonchev–Trinajstić information content (AvgIpc) is 3.01. The summed E-state index contributed by atoms with van der Waals surface area (Å²) in [6, 6.07) is 17.1. The van der Waals surface area contributed by atoms with Crippen LogP contribution in [0, 0.1) is 11.3 Å². The van der Waals surface area contributed by atoms with Gasteiger partial charge in [-0.15, -0.1) is 11.3 Å². The number of hydrogen-bond acceptors (Lipinski definition) is 6. The summed E-state index contributed by atoms with van der Waals surface area (Å²) in [4.78, 5) is 16.6. The standard InChI is InChI=1S/C17H12N2O2S2/c18-9-10-21-16(20)13-6-2-1-5-12(13)11-22-17-19-14-7-3-4-8-15(14)23-17/h1-8H,10-11H2. The Morgan fingerprint density at radius 1 is 1.22 bits per heavy atom. The van der Waals surface area contributed by atoms with Crippen molar-refractivity contribution in [3.63, 3.8) is 0 Å². The van der Waals surface area contributed by atoms with Gasteiger partial charge in [-0.1, -0.05) is 42.1 Å². The maximum atomic E-state index is 12.0. The van der Waals surface area contributed by atoms with Crippen molar-refractivity contribution in [3.8, 4) is 6.07 Å². The number of rotatable bonds is 5. The van der Waals surface area contributed by atoms with E-state index in [-0.39, 0.29) is 6.61 Å². The minimum atomic E-state index is -0.466. The van der Waals surface area contributed by atoms with E-state index in [4.69, 9.17) is 10.00 Å². The minimum absolute atomic E-state index is 0.238. The first kappa shape index (κ1) is 15.5. The van der Waals surface area contributed by atoms with Crippen molar-refractivity contribution >= 4 is 39.3 Å². The van der Waals surface area contributed by atoms with Crippen molar-refractivity contribution in [1.82, 2.24) is 4.98 Å². The summed E-state index contributed by atoms with van der Waals surface area (Å²) < 4.78 is 7.01. The highest BCUT2D eigenvalue weighted by atomic mass is 32.2. The number of hydrogen-bond donors (Lipinski definition) is 0. The van der Waals surface area contributed by atoms with Gasteiger partial charge < -0.3 is 4.74 Å². The molecule has 0 spiro atoms. The first-order valence-electron chi connectivity index (χ1n) is 6.88. The van der Waals surface area contributed by atoms with Gasteiger partial charge in [0.15, 0.2) is 10.9 Å². The number of nitriles is 1. The largest absolute Gasteiger partial charge is 0.447 e. The van der Waals surface area contributed by atoms with Crippen LogP contribution in [0.25, 0.3) is 10.2 Å². The molecule has 0 saturated carbocycles. The number of thioether (sulfide) groups is 1. The van der Waals surface area contributed by atoms with Crippen molar-refractivity contribution in [3.05, 3.63) is 59.7 Å². The zero-order valence-electron chi connectivity index (χ0n) is 12.1. The smallest absolute Gasteiger partial charge is 0.339 e. The van der Waals surface area contributed by atoms with Gasteiger partial charge >= 0.3 is 5.97 Å². The molecule has 114 valence electrons. The van der Waals surface area contributed by atoms with Gasteiger partial charge in [0.25, 0.3) is 0 Å². The molecule has 0 aliphatic heterocycles. The van der Waals surface area contributed by atoms with E-state index in [1.54, 1.807) is 41.3 Å². The molecule has 0 radical (unpaired) electrons. The Kier molecular flexibility index (Phi) is 4.91. The van der Waals surface area contributed by atoms with Crippen LogP contribution in [0.2, 0.25) is 0 Å². The molecule has 0 amide bonds. The molecule has 2 aromatic carbocycles. The second-order valence-corrected chi connectivity index (χ2v) is 6.88. The van der Waals surface area contributed by atoms with Gasteiger partial charge in [-0.2, -0.15) is 5.26 Å². The quantitative estimate of drug-likeness (QED) is 0.513. The number of thiazole rings is 1. The maximum Gasteiger partial charge on any atom is 0.339 e. The summed E-state index contributed by atoms with van der Waals surface area (Å²) in [7, 11) is 0. The number of carbonyl (C=O) groups excluding carboxylic acids is 1. The summed E-state index contributed by atoms with van der Waals surface area (Å²) >= 11 is 3.23. The van der Waals surface area contributed by atoms with Crippen molar-refractivity contribution in [2.45, 2.75) is 10.1 Å². The summed E-state index contributed by atoms with van der Waals surface area (Å²) in [5.74, 6) is 0.157. The van der Waals surface area contributed by atoms with E-state index in [2.05, 4.69) is 4.98 Å². The van der Waals surface area contributed by atoms with Crippen LogP contribution in [0.4, 0.5) is 0 Å². The third-order valence-electron chi connectivity index (χ3n) is 3.13. The lowest BCUT2D eigenvalue weighted by Gasteiger charge is -2.06. The lowest BCUT2D eigenvalue weighted by atomic mass is 10.1. The molecule has 0 unspecified atom stereocenters. The Bertz CT molecular complexity index is 850. The number of ether oxygens (including phenoxy) is 1. The van der Waals surface area contributed by atoms with Crippen LogP contribution >= 0.6 is 23.1 Å². The van der Waals surface area contributed by atoms with Crippen molar-refractivity contribution < 1.29 is 9.53 Å². The van der Waals surface area contributed by atoms with E-state index in [1.807, 2.05) is 36.4 Å². The van der Waals surface area contributed by atoms with Gasteiger partial charge in [-0.25, -0.2) is 9.78 Å². The zero-order chi connectivity index (χ0) is 16.1. The van der Waals surface area contributed by atoms with E-state index in [0.29, 0.717) is 11.3 Å². The number of aromatic nitrogens is 1. The summed E-state index contributed by atoms with van der Waals surface area (Å²) in [6.07, 6.45) is 0. The number of carbonyl (C=O) groups is 1. The topological polar surface area (TPSA) is 63.0 Å². The van der Waals surface area contributed by atoms with Gasteiger partial charge in [0, 0.05) is 5.75 Å². The third-order valence-corrected chi connectivity index (χ3v) is 5.36. The fourth-order valence-electron chi connectivity index (χ4n) is 2.07. The molecule has 0 N–H and O–H groups in total.